The zero-order valence-electron chi connectivity index (χ0n) is 17.8. The van der Waals surface area contributed by atoms with Crippen molar-refractivity contribution in [3.05, 3.63) is 75.6 Å². The van der Waals surface area contributed by atoms with Crippen molar-refractivity contribution in [2.75, 3.05) is 4.72 Å². The van der Waals surface area contributed by atoms with Gasteiger partial charge in [-0.1, -0.05) is 60.3 Å². The second-order valence-electron chi connectivity index (χ2n) is 7.83. The van der Waals surface area contributed by atoms with Crippen LogP contribution in [0.5, 0.6) is 0 Å². The van der Waals surface area contributed by atoms with Gasteiger partial charge in [0.05, 0.1) is 20.5 Å². The molecule has 4 nitrogen and oxygen atoms in total. The number of sulfonamides is 1. The highest BCUT2D eigenvalue weighted by molar-refractivity contribution is 8.01. The van der Waals surface area contributed by atoms with Gasteiger partial charge in [0.2, 0.25) is 0 Å². The van der Waals surface area contributed by atoms with E-state index < -0.39 is 10.0 Å². The third kappa shape index (κ3) is 4.08. The molecule has 0 radical (unpaired) electrons. The maximum absolute atomic E-state index is 13.1. The molecule has 1 N–H and O–H groups in total. The van der Waals surface area contributed by atoms with E-state index in [9.17, 15) is 8.42 Å². The molecule has 1 aromatic heterocycles. The summed E-state index contributed by atoms with van der Waals surface area (Å²) < 4.78 is 31.3. The molecular formula is C25H22N2O2S3. The Morgan fingerprint density at radius 1 is 0.969 bits per heavy atom. The van der Waals surface area contributed by atoms with Gasteiger partial charge in [-0.2, -0.15) is 0 Å². The Labute approximate surface area is 195 Å². The van der Waals surface area contributed by atoms with Crippen LogP contribution in [-0.4, -0.2) is 13.4 Å². The predicted octanol–water partition coefficient (Wildman–Crippen LogP) is 5.22. The SMILES string of the molecule is Cc1cccc(S(=O)(=O)Nc2cc(Sc3nc4c(s3)=CCCC=4)c(C)c3ccccc23)c1. The fraction of sp³-hybridized carbons (Fsp3) is 0.160. The van der Waals surface area contributed by atoms with Crippen molar-refractivity contribution in [1.82, 2.24) is 4.98 Å². The van der Waals surface area contributed by atoms with Crippen LogP contribution >= 0.6 is 23.1 Å². The monoisotopic (exact) mass is 478 g/mol. The molecule has 32 heavy (non-hydrogen) atoms. The fourth-order valence-electron chi connectivity index (χ4n) is 3.86. The number of thiazole rings is 1. The zero-order valence-corrected chi connectivity index (χ0v) is 20.2. The summed E-state index contributed by atoms with van der Waals surface area (Å²) in [6, 6.07) is 16.8. The molecular weight excluding hydrogens is 456 g/mol. The molecule has 0 bridgehead atoms. The van der Waals surface area contributed by atoms with Gasteiger partial charge in [0.15, 0.2) is 4.34 Å². The van der Waals surface area contributed by atoms with E-state index in [-0.39, 0.29) is 4.90 Å². The average Bonchev–Trinajstić information content (AvgIpc) is 3.19. The Morgan fingerprint density at radius 2 is 1.75 bits per heavy atom. The van der Waals surface area contributed by atoms with E-state index in [4.69, 9.17) is 4.98 Å². The van der Waals surface area contributed by atoms with Gasteiger partial charge >= 0.3 is 0 Å². The van der Waals surface area contributed by atoms with Gasteiger partial charge in [-0.05, 0) is 61.4 Å². The summed E-state index contributed by atoms with van der Waals surface area (Å²) in [6.07, 6.45) is 6.51. The van der Waals surface area contributed by atoms with E-state index in [1.807, 2.05) is 43.3 Å². The van der Waals surface area contributed by atoms with Gasteiger partial charge in [0.1, 0.15) is 0 Å². The smallest absolute Gasteiger partial charge is 0.261 e. The van der Waals surface area contributed by atoms with Gasteiger partial charge in [-0.15, -0.1) is 11.3 Å². The van der Waals surface area contributed by atoms with Crippen LogP contribution in [-0.2, 0) is 10.0 Å². The number of benzene rings is 3. The van der Waals surface area contributed by atoms with Gasteiger partial charge in [-0.3, -0.25) is 4.72 Å². The second kappa shape index (κ2) is 8.39. The Bertz CT molecular complexity index is 1540. The molecule has 0 unspecified atom stereocenters. The molecule has 5 rings (SSSR count). The topological polar surface area (TPSA) is 59.1 Å². The first-order chi connectivity index (χ1) is 15.4. The molecule has 0 saturated carbocycles. The van der Waals surface area contributed by atoms with Crippen LogP contribution in [0.1, 0.15) is 24.0 Å². The molecule has 1 aliphatic rings. The van der Waals surface area contributed by atoms with Crippen molar-refractivity contribution in [2.45, 2.75) is 40.8 Å². The van der Waals surface area contributed by atoms with E-state index in [2.05, 4.69) is 23.8 Å². The average molecular weight is 479 g/mol. The molecule has 162 valence electrons. The summed E-state index contributed by atoms with van der Waals surface area (Å²) in [7, 11) is -3.71. The summed E-state index contributed by atoms with van der Waals surface area (Å²) in [5, 5.41) is 2.96. The van der Waals surface area contributed by atoms with Crippen molar-refractivity contribution >= 4 is 61.7 Å². The molecule has 0 saturated heterocycles. The fourth-order valence-corrected chi connectivity index (χ4v) is 7.28. The lowest BCUT2D eigenvalue weighted by Gasteiger charge is -2.15. The number of nitrogens with zero attached hydrogens (tertiary/aromatic N) is 1. The molecule has 1 aliphatic carbocycles. The lowest BCUT2D eigenvalue weighted by molar-refractivity contribution is 0.601. The summed E-state index contributed by atoms with van der Waals surface area (Å²) in [5.74, 6) is 0. The quantitative estimate of drug-likeness (QED) is 0.427. The number of hydrogen-bond donors (Lipinski definition) is 1. The van der Waals surface area contributed by atoms with Crippen LogP contribution in [0, 0.1) is 13.8 Å². The number of aryl methyl sites for hydroxylation is 2. The Kier molecular flexibility index (Phi) is 5.57. The van der Waals surface area contributed by atoms with E-state index in [0.29, 0.717) is 5.69 Å². The molecule has 3 aromatic carbocycles. The molecule has 1 heterocycles. The second-order valence-corrected chi connectivity index (χ2v) is 11.8. The van der Waals surface area contributed by atoms with Crippen molar-refractivity contribution in [2.24, 2.45) is 0 Å². The lowest BCUT2D eigenvalue weighted by atomic mass is 10.0. The number of hydrogen-bond acceptors (Lipinski definition) is 5. The third-order valence-electron chi connectivity index (χ3n) is 5.50. The van der Waals surface area contributed by atoms with Gasteiger partial charge in [-0.25, -0.2) is 13.4 Å². The first-order valence-electron chi connectivity index (χ1n) is 10.4. The molecule has 4 aromatic rings. The van der Waals surface area contributed by atoms with Gasteiger partial charge < -0.3 is 0 Å². The first-order valence-corrected chi connectivity index (χ1v) is 13.5. The Hall–Kier alpha value is -2.61. The molecule has 0 amide bonds. The first kappa shape index (κ1) is 21.2. The van der Waals surface area contributed by atoms with Crippen LogP contribution in [0.4, 0.5) is 5.69 Å². The summed E-state index contributed by atoms with van der Waals surface area (Å²) in [6.45, 7) is 3.97. The number of anilines is 1. The van der Waals surface area contributed by atoms with Crippen molar-refractivity contribution in [1.29, 1.82) is 0 Å². The Morgan fingerprint density at radius 3 is 2.53 bits per heavy atom. The van der Waals surface area contributed by atoms with Crippen LogP contribution in [0.25, 0.3) is 22.9 Å². The molecule has 0 fully saturated rings. The minimum atomic E-state index is -3.71. The standard InChI is InChI=1S/C25H22N2O2S3/c1-16-8-7-9-18(14-16)32(28,29)27-22-15-24(17(2)19-10-3-4-11-20(19)22)31-25-26-21-12-5-6-13-23(21)30-25/h3-4,7-15,27H,5-6H2,1-2H3. The molecule has 0 aliphatic heterocycles. The molecule has 7 heteroatoms. The van der Waals surface area contributed by atoms with E-state index in [1.54, 1.807) is 41.3 Å². The maximum Gasteiger partial charge on any atom is 0.261 e. The normalized spacial score (nSPS) is 13.3. The molecule has 0 spiro atoms. The van der Waals surface area contributed by atoms with Crippen molar-refractivity contribution in [3.8, 4) is 0 Å². The number of fused-ring (bicyclic) bond motifs is 2. The van der Waals surface area contributed by atoms with E-state index in [0.717, 1.165) is 49.3 Å². The highest BCUT2D eigenvalue weighted by atomic mass is 32.2. The lowest BCUT2D eigenvalue weighted by Crippen LogP contribution is -2.22. The minimum Gasteiger partial charge on any atom is -0.279 e. The van der Waals surface area contributed by atoms with Crippen molar-refractivity contribution in [3.63, 3.8) is 0 Å². The largest absolute Gasteiger partial charge is 0.279 e. The van der Waals surface area contributed by atoms with Gasteiger partial charge in [0, 0.05) is 10.3 Å². The third-order valence-corrected chi connectivity index (χ3v) is 9.14. The van der Waals surface area contributed by atoms with Crippen LogP contribution in [0.3, 0.4) is 0 Å². The zero-order chi connectivity index (χ0) is 22.3. The molecule has 0 atom stereocenters. The van der Waals surface area contributed by atoms with Crippen LogP contribution in [0.2, 0.25) is 0 Å². The maximum atomic E-state index is 13.1. The Balaban J connectivity index is 1.60. The van der Waals surface area contributed by atoms with Gasteiger partial charge in [0.25, 0.3) is 10.0 Å². The number of nitrogens with one attached hydrogen (secondary N) is 1. The summed E-state index contributed by atoms with van der Waals surface area (Å²) in [4.78, 5) is 6.04. The summed E-state index contributed by atoms with van der Waals surface area (Å²) in [5.41, 5.74) is 2.60. The number of rotatable bonds is 5. The summed E-state index contributed by atoms with van der Waals surface area (Å²) >= 11 is 3.28. The van der Waals surface area contributed by atoms with Crippen LogP contribution < -0.4 is 14.6 Å². The highest BCUT2D eigenvalue weighted by Gasteiger charge is 2.18. The number of aromatic nitrogens is 1. The van der Waals surface area contributed by atoms with E-state index >= 15 is 0 Å². The predicted molar refractivity (Wildman–Crippen MR) is 134 cm³/mol. The van der Waals surface area contributed by atoms with Crippen molar-refractivity contribution < 1.29 is 8.42 Å². The van der Waals surface area contributed by atoms with E-state index in [1.165, 1.54) is 4.53 Å². The van der Waals surface area contributed by atoms with Crippen LogP contribution in [0.15, 0.2) is 68.7 Å². The highest BCUT2D eigenvalue weighted by Crippen LogP contribution is 2.38. The minimum absolute atomic E-state index is 0.259.